The molecule has 2 aromatic carbocycles. The summed E-state index contributed by atoms with van der Waals surface area (Å²) in [7, 11) is 0. The fourth-order valence-corrected chi connectivity index (χ4v) is 2.82. The third kappa shape index (κ3) is 4.19. The summed E-state index contributed by atoms with van der Waals surface area (Å²) in [5.41, 5.74) is -0.498. The molecular weight excluding hydrogens is 410 g/mol. The van der Waals surface area contributed by atoms with E-state index in [0.717, 1.165) is 0 Å². The maximum Gasteiger partial charge on any atom is 0.268 e. The van der Waals surface area contributed by atoms with Crippen LogP contribution in [-0.2, 0) is 4.79 Å². The molecule has 0 saturated carbocycles. The van der Waals surface area contributed by atoms with Gasteiger partial charge in [-0.15, -0.1) is 0 Å². The van der Waals surface area contributed by atoms with Crippen molar-refractivity contribution in [2.24, 2.45) is 0 Å². The number of amides is 1. The molecule has 5 nitrogen and oxygen atoms in total. The van der Waals surface area contributed by atoms with Gasteiger partial charge in [0, 0.05) is 21.6 Å². The topological polar surface area (TPSA) is 56.8 Å². The van der Waals surface area contributed by atoms with Gasteiger partial charge in [-0.25, -0.2) is 0 Å². The monoisotopic (exact) mass is 425 g/mol. The molecule has 1 heterocycles. The zero-order valence-electron chi connectivity index (χ0n) is 13.8. The summed E-state index contributed by atoms with van der Waals surface area (Å²) in [5.74, 6) is 1.51. The smallest absolute Gasteiger partial charge is 0.268 e. The van der Waals surface area contributed by atoms with Crippen molar-refractivity contribution in [1.82, 2.24) is 0 Å². The van der Waals surface area contributed by atoms with Crippen molar-refractivity contribution >= 4 is 39.1 Å². The first-order valence-electron chi connectivity index (χ1n) is 7.70. The SMILES string of the molecule is CC(C)(Oc1ccc(Cl)cc1)C(=O)Nc1cc2c(cc1Br)OCCO2. The minimum atomic E-state index is -1.08. The number of carbonyl (C=O) groups is 1. The molecule has 0 aliphatic carbocycles. The van der Waals surface area contributed by atoms with Crippen LogP contribution >= 0.6 is 27.5 Å². The molecule has 0 unspecified atom stereocenters. The number of ether oxygens (including phenoxy) is 3. The first kappa shape index (κ1) is 17.9. The minimum absolute atomic E-state index is 0.292. The van der Waals surface area contributed by atoms with Crippen LogP contribution in [0.25, 0.3) is 0 Å². The number of nitrogens with one attached hydrogen (secondary N) is 1. The van der Waals surface area contributed by atoms with Gasteiger partial charge < -0.3 is 19.5 Å². The molecule has 25 heavy (non-hydrogen) atoms. The molecule has 1 amide bonds. The van der Waals surface area contributed by atoms with Crippen molar-refractivity contribution < 1.29 is 19.0 Å². The molecule has 0 atom stereocenters. The Morgan fingerprint density at radius 2 is 1.76 bits per heavy atom. The van der Waals surface area contributed by atoms with Gasteiger partial charge in [0.2, 0.25) is 0 Å². The fraction of sp³-hybridized carbons (Fsp3) is 0.278. The Hall–Kier alpha value is -1.92. The zero-order chi connectivity index (χ0) is 18.0. The van der Waals surface area contributed by atoms with Gasteiger partial charge in [0.15, 0.2) is 17.1 Å². The van der Waals surface area contributed by atoms with E-state index in [9.17, 15) is 4.79 Å². The molecule has 1 N–H and O–H groups in total. The van der Waals surface area contributed by atoms with E-state index in [0.29, 0.717) is 45.6 Å². The average molecular weight is 427 g/mol. The van der Waals surface area contributed by atoms with E-state index in [-0.39, 0.29) is 5.91 Å². The first-order chi connectivity index (χ1) is 11.8. The standard InChI is InChI=1S/C18H17BrClNO4/c1-18(2,25-12-5-3-11(20)4-6-12)17(22)21-14-10-16-15(9-13(14)19)23-7-8-24-16/h3-6,9-10H,7-8H2,1-2H3,(H,21,22). The number of halogens is 2. The molecule has 7 heteroatoms. The third-order valence-electron chi connectivity index (χ3n) is 3.61. The van der Waals surface area contributed by atoms with Crippen LogP contribution < -0.4 is 19.5 Å². The molecule has 0 fully saturated rings. The second-order valence-electron chi connectivity index (χ2n) is 6.00. The lowest BCUT2D eigenvalue weighted by molar-refractivity contribution is -0.128. The molecule has 0 aromatic heterocycles. The van der Waals surface area contributed by atoms with Crippen LogP contribution in [0.1, 0.15) is 13.8 Å². The highest BCUT2D eigenvalue weighted by Crippen LogP contribution is 2.38. The summed E-state index contributed by atoms with van der Waals surface area (Å²) in [6, 6.07) is 10.4. The van der Waals surface area contributed by atoms with Gasteiger partial charge in [0.25, 0.3) is 5.91 Å². The van der Waals surface area contributed by atoms with E-state index >= 15 is 0 Å². The quantitative estimate of drug-likeness (QED) is 0.772. The van der Waals surface area contributed by atoms with Gasteiger partial charge in [-0.2, -0.15) is 0 Å². The Kier molecular flexibility index (Phi) is 5.11. The second kappa shape index (κ2) is 7.14. The Bertz CT molecular complexity index is 792. The Labute approximate surface area is 159 Å². The number of rotatable bonds is 4. The van der Waals surface area contributed by atoms with E-state index in [4.69, 9.17) is 25.8 Å². The number of hydrogen-bond acceptors (Lipinski definition) is 4. The lowest BCUT2D eigenvalue weighted by Gasteiger charge is -2.26. The van der Waals surface area contributed by atoms with Crippen molar-refractivity contribution in [3.63, 3.8) is 0 Å². The van der Waals surface area contributed by atoms with Crippen LogP contribution in [0, 0.1) is 0 Å². The average Bonchev–Trinajstić information content (AvgIpc) is 2.57. The summed E-state index contributed by atoms with van der Waals surface area (Å²) < 4.78 is 17.6. The molecule has 1 aliphatic heterocycles. The van der Waals surface area contributed by atoms with Crippen molar-refractivity contribution in [1.29, 1.82) is 0 Å². The zero-order valence-corrected chi connectivity index (χ0v) is 16.1. The van der Waals surface area contributed by atoms with Crippen LogP contribution in [0.4, 0.5) is 5.69 Å². The lowest BCUT2D eigenvalue weighted by Crippen LogP contribution is -2.42. The molecule has 2 aromatic rings. The Morgan fingerprint density at radius 1 is 1.16 bits per heavy atom. The highest BCUT2D eigenvalue weighted by Gasteiger charge is 2.31. The summed E-state index contributed by atoms with van der Waals surface area (Å²) >= 11 is 9.31. The van der Waals surface area contributed by atoms with Crippen LogP contribution in [0.2, 0.25) is 5.02 Å². The van der Waals surface area contributed by atoms with Crippen LogP contribution in [-0.4, -0.2) is 24.7 Å². The van der Waals surface area contributed by atoms with Crippen LogP contribution in [0.15, 0.2) is 40.9 Å². The van der Waals surface area contributed by atoms with Gasteiger partial charge >= 0.3 is 0 Å². The van der Waals surface area contributed by atoms with E-state index in [1.807, 2.05) is 0 Å². The minimum Gasteiger partial charge on any atom is -0.486 e. The van der Waals surface area contributed by atoms with Crippen LogP contribution in [0.5, 0.6) is 17.2 Å². The second-order valence-corrected chi connectivity index (χ2v) is 7.29. The highest BCUT2D eigenvalue weighted by molar-refractivity contribution is 9.10. The fourth-order valence-electron chi connectivity index (χ4n) is 2.28. The van der Waals surface area contributed by atoms with Crippen molar-refractivity contribution in [3.05, 3.63) is 45.9 Å². The predicted octanol–water partition coefficient (Wildman–Crippen LogP) is 4.67. The molecule has 0 saturated heterocycles. The largest absolute Gasteiger partial charge is 0.486 e. The molecule has 0 radical (unpaired) electrons. The maximum atomic E-state index is 12.7. The van der Waals surface area contributed by atoms with Crippen molar-refractivity contribution in [3.8, 4) is 17.2 Å². The summed E-state index contributed by atoms with van der Waals surface area (Å²) in [4.78, 5) is 12.7. The number of fused-ring (bicyclic) bond motifs is 1. The van der Waals surface area contributed by atoms with Gasteiger partial charge in [-0.1, -0.05) is 11.6 Å². The van der Waals surface area contributed by atoms with E-state index in [1.54, 1.807) is 50.2 Å². The summed E-state index contributed by atoms with van der Waals surface area (Å²) in [6.45, 7) is 4.38. The molecule has 0 bridgehead atoms. The third-order valence-corrected chi connectivity index (χ3v) is 4.52. The number of anilines is 1. The highest BCUT2D eigenvalue weighted by atomic mass is 79.9. The van der Waals surface area contributed by atoms with Crippen LogP contribution in [0.3, 0.4) is 0 Å². The van der Waals surface area contributed by atoms with Crippen molar-refractivity contribution in [2.45, 2.75) is 19.4 Å². The molecule has 132 valence electrons. The van der Waals surface area contributed by atoms with Gasteiger partial charge in [0.05, 0.1) is 5.69 Å². The summed E-state index contributed by atoms with van der Waals surface area (Å²) in [5, 5.41) is 3.47. The predicted molar refractivity (Wildman–Crippen MR) is 99.9 cm³/mol. The van der Waals surface area contributed by atoms with E-state index in [1.165, 1.54) is 0 Å². The molecule has 3 rings (SSSR count). The molecule has 1 aliphatic rings. The van der Waals surface area contributed by atoms with Gasteiger partial charge in [-0.05, 0) is 54.0 Å². The maximum absolute atomic E-state index is 12.7. The summed E-state index contributed by atoms with van der Waals surface area (Å²) in [6.07, 6.45) is 0. The molecule has 0 spiro atoms. The lowest BCUT2D eigenvalue weighted by atomic mass is 10.1. The Morgan fingerprint density at radius 3 is 2.40 bits per heavy atom. The molecular formula is C18H17BrClNO4. The number of benzene rings is 2. The van der Waals surface area contributed by atoms with Gasteiger partial charge in [-0.3, -0.25) is 4.79 Å². The van der Waals surface area contributed by atoms with E-state index in [2.05, 4.69) is 21.2 Å². The Balaban J connectivity index is 1.75. The normalized spacial score (nSPS) is 13.3. The van der Waals surface area contributed by atoms with Gasteiger partial charge in [0.1, 0.15) is 19.0 Å². The first-order valence-corrected chi connectivity index (χ1v) is 8.87. The van der Waals surface area contributed by atoms with Crippen molar-refractivity contribution in [2.75, 3.05) is 18.5 Å². The number of hydrogen-bond donors (Lipinski definition) is 1. The van der Waals surface area contributed by atoms with E-state index < -0.39 is 5.60 Å². The number of carbonyl (C=O) groups excluding carboxylic acids is 1.